The third-order valence-corrected chi connectivity index (χ3v) is 0.822. The molecule has 0 aliphatic carbocycles. The molecular weight excluding hydrogens is 104 g/mol. The largest absolute Gasteiger partial charge is 0.396 e. The van der Waals surface area contributed by atoms with Crippen LogP contribution in [0, 0.1) is 11.5 Å². The molecule has 0 radical (unpaired) electrons. The van der Waals surface area contributed by atoms with Crippen molar-refractivity contribution in [1.82, 2.24) is 4.90 Å². The minimum absolute atomic E-state index is 0.159. The van der Waals surface area contributed by atoms with E-state index in [-0.39, 0.29) is 6.61 Å². The summed E-state index contributed by atoms with van der Waals surface area (Å²) in [6, 6.07) is 0. The molecule has 0 saturated carbocycles. The van der Waals surface area contributed by atoms with Crippen LogP contribution in [0.15, 0.2) is 0 Å². The Bertz CT molecular complexity index is 86.9. The Hall–Kier alpha value is -0.750. The molecule has 0 bridgehead atoms. The highest BCUT2D eigenvalue weighted by Crippen LogP contribution is 1.80. The van der Waals surface area contributed by atoms with Gasteiger partial charge in [-0.15, -0.1) is 0 Å². The fourth-order valence-electron chi connectivity index (χ4n) is 0.358. The van der Waals surface area contributed by atoms with Crippen molar-refractivity contribution in [2.24, 2.45) is 0 Å². The summed E-state index contributed by atoms with van der Waals surface area (Å²) in [6.07, 6.45) is 2.59. The summed E-state index contributed by atoms with van der Waals surface area (Å²) in [7, 11) is 1.69. The zero-order valence-electron chi connectivity index (χ0n) is 4.96. The lowest BCUT2D eigenvalue weighted by atomic mass is 10.4. The summed E-state index contributed by atoms with van der Waals surface area (Å²) in [5, 5.41) is 16.4. The number of hydrogen-bond donors (Lipinski definition) is 1. The summed E-state index contributed by atoms with van der Waals surface area (Å²) in [6.45, 7) is 0.805. The highest BCUT2D eigenvalue weighted by Gasteiger charge is 1.88. The number of rotatable bonds is 3. The van der Waals surface area contributed by atoms with Crippen molar-refractivity contribution >= 4 is 0 Å². The van der Waals surface area contributed by atoms with Gasteiger partial charge >= 0.3 is 0 Å². The fraction of sp³-hybridized carbons (Fsp3) is 0.800. The van der Waals surface area contributed by atoms with E-state index in [4.69, 9.17) is 10.4 Å². The van der Waals surface area contributed by atoms with Crippen molar-refractivity contribution < 1.29 is 5.11 Å². The van der Waals surface area contributed by atoms with Crippen LogP contribution in [-0.4, -0.2) is 30.2 Å². The summed E-state index contributed by atoms with van der Waals surface area (Å²) in [5.41, 5.74) is 0. The van der Waals surface area contributed by atoms with Crippen LogP contribution in [0.5, 0.6) is 0 Å². The molecule has 0 aliphatic heterocycles. The van der Waals surface area contributed by atoms with Crippen LogP contribution < -0.4 is 0 Å². The molecule has 0 spiro atoms. The molecule has 0 aromatic rings. The third-order valence-electron chi connectivity index (χ3n) is 0.822. The normalized spacial score (nSPS) is 8.12. The second-order valence-electron chi connectivity index (χ2n) is 1.60. The predicted octanol–water partition coefficient (Wildman–Crippen LogP) is -0.218. The second-order valence-corrected chi connectivity index (χ2v) is 1.60. The van der Waals surface area contributed by atoms with Gasteiger partial charge in [0.05, 0.1) is 0 Å². The van der Waals surface area contributed by atoms with Crippen molar-refractivity contribution in [3.8, 4) is 6.19 Å². The first-order chi connectivity index (χ1) is 3.81. The van der Waals surface area contributed by atoms with E-state index in [1.807, 2.05) is 6.19 Å². The van der Waals surface area contributed by atoms with Gasteiger partial charge < -0.3 is 10.0 Å². The van der Waals surface area contributed by atoms with Crippen LogP contribution in [0.1, 0.15) is 6.42 Å². The molecule has 0 rings (SSSR count). The van der Waals surface area contributed by atoms with Gasteiger partial charge in [0.1, 0.15) is 0 Å². The topological polar surface area (TPSA) is 47.3 Å². The molecule has 46 valence electrons. The number of aliphatic hydroxyl groups is 1. The molecule has 1 N–H and O–H groups in total. The summed E-state index contributed by atoms with van der Waals surface area (Å²) < 4.78 is 0. The average molecular weight is 114 g/mol. The molecule has 0 unspecified atom stereocenters. The van der Waals surface area contributed by atoms with Gasteiger partial charge in [-0.3, -0.25) is 0 Å². The zero-order chi connectivity index (χ0) is 6.41. The van der Waals surface area contributed by atoms with Crippen LogP contribution in [-0.2, 0) is 0 Å². The molecule has 3 heteroatoms. The maximum Gasteiger partial charge on any atom is 0.179 e. The van der Waals surface area contributed by atoms with Crippen LogP contribution in [0.4, 0.5) is 0 Å². The quantitative estimate of drug-likeness (QED) is 0.407. The Morgan fingerprint density at radius 1 is 1.75 bits per heavy atom. The van der Waals surface area contributed by atoms with Gasteiger partial charge in [-0.05, 0) is 6.42 Å². The Labute approximate surface area is 49.1 Å². The van der Waals surface area contributed by atoms with E-state index >= 15 is 0 Å². The highest BCUT2D eigenvalue weighted by molar-refractivity contribution is 4.67. The van der Waals surface area contributed by atoms with Crippen LogP contribution in [0.25, 0.3) is 0 Å². The van der Waals surface area contributed by atoms with E-state index < -0.39 is 0 Å². The molecular formula is C5H10N2O. The number of hydrogen-bond acceptors (Lipinski definition) is 3. The first-order valence-electron chi connectivity index (χ1n) is 2.53. The van der Waals surface area contributed by atoms with E-state index in [2.05, 4.69) is 0 Å². The van der Waals surface area contributed by atoms with Crippen molar-refractivity contribution in [3.05, 3.63) is 0 Å². The maximum atomic E-state index is 8.27. The highest BCUT2D eigenvalue weighted by atomic mass is 16.3. The first kappa shape index (κ1) is 7.25. The zero-order valence-corrected chi connectivity index (χ0v) is 4.96. The van der Waals surface area contributed by atoms with E-state index in [0.29, 0.717) is 13.0 Å². The van der Waals surface area contributed by atoms with E-state index in [9.17, 15) is 0 Å². The number of aliphatic hydroxyl groups excluding tert-OH is 1. The Morgan fingerprint density at radius 2 is 2.38 bits per heavy atom. The van der Waals surface area contributed by atoms with Crippen molar-refractivity contribution in [1.29, 1.82) is 5.26 Å². The lowest BCUT2D eigenvalue weighted by molar-refractivity contribution is 0.271. The van der Waals surface area contributed by atoms with Gasteiger partial charge in [0, 0.05) is 20.2 Å². The van der Waals surface area contributed by atoms with Crippen molar-refractivity contribution in [2.45, 2.75) is 6.42 Å². The molecule has 8 heavy (non-hydrogen) atoms. The Balaban J connectivity index is 3.02. The molecule has 3 nitrogen and oxygen atoms in total. The van der Waals surface area contributed by atoms with Crippen molar-refractivity contribution in [2.75, 3.05) is 20.2 Å². The first-order valence-corrected chi connectivity index (χ1v) is 2.53. The van der Waals surface area contributed by atoms with Gasteiger partial charge in [-0.1, -0.05) is 0 Å². The lowest BCUT2D eigenvalue weighted by Crippen LogP contribution is -2.13. The smallest absolute Gasteiger partial charge is 0.179 e. The van der Waals surface area contributed by atoms with Crippen LogP contribution in [0.2, 0.25) is 0 Å². The molecule has 0 heterocycles. The maximum absolute atomic E-state index is 8.27. The minimum Gasteiger partial charge on any atom is -0.396 e. The summed E-state index contributed by atoms with van der Waals surface area (Å²) in [4.78, 5) is 1.48. The van der Waals surface area contributed by atoms with Gasteiger partial charge in [-0.2, -0.15) is 5.26 Å². The Morgan fingerprint density at radius 3 is 2.75 bits per heavy atom. The molecule has 0 aromatic heterocycles. The third kappa shape index (κ3) is 3.44. The molecule has 0 fully saturated rings. The molecule has 0 aromatic carbocycles. The van der Waals surface area contributed by atoms with E-state index in [1.54, 1.807) is 7.05 Å². The van der Waals surface area contributed by atoms with Crippen molar-refractivity contribution in [3.63, 3.8) is 0 Å². The fourth-order valence-corrected chi connectivity index (χ4v) is 0.358. The van der Waals surface area contributed by atoms with Gasteiger partial charge in [0.25, 0.3) is 0 Å². The molecule has 0 atom stereocenters. The summed E-state index contributed by atoms with van der Waals surface area (Å²) >= 11 is 0. The second kappa shape index (κ2) is 4.41. The SMILES string of the molecule is CN(C#N)CCCO. The Kier molecular flexibility index (Phi) is 4.00. The minimum atomic E-state index is 0.159. The van der Waals surface area contributed by atoms with E-state index in [0.717, 1.165) is 0 Å². The van der Waals surface area contributed by atoms with Crippen LogP contribution >= 0.6 is 0 Å². The number of nitrogens with zero attached hydrogens (tertiary/aromatic N) is 2. The molecule has 0 aliphatic rings. The predicted molar refractivity (Wildman–Crippen MR) is 29.9 cm³/mol. The lowest BCUT2D eigenvalue weighted by Gasteiger charge is -2.04. The van der Waals surface area contributed by atoms with Gasteiger partial charge in [-0.25, -0.2) is 0 Å². The molecule has 0 amide bonds. The average Bonchev–Trinajstić information content (AvgIpc) is 1.83. The monoisotopic (exact) mass is 114 g/mol. The summed E-state index contributed by atoms with van der Waals surface area (Å²) in [5.74, 6) is 0. The number of nitriles is 1. The van der Waals surface area contributed by atoms with E-state index in [1.165, 1.54) is 4.90 Å². The van der Waals surface area contributed by atoms with Crippen LogP contribution in [0.3, 0.4) is 0 Å². The van der Waals surface area contributed by atoms with Gasteiger partial charge in [0.2, 0.25) is 0 Å². The standard InChI is InChI=1S/C5H10N2O/c1-7(5-6)3-2-4-8/h8H,2-4H2,1H3. The van der Waals surface area contributed by atoms with Gasteiger partial charge in [0.15, 0.2) is 6.19 Å². The molecule has 0 saturated heterocycles.